The molecule has 3 aromatic rings. The molecule has 3 heterocycles. The van der Waals surface area contributed by atoms with E-state index in [4.69, 9.17) is 4.98 Å². The van der Waals surface area contributed by atoms with E-state index in [-0.39, 0.29) is 11.7 Å². The van der Waals surface area contributed by atoms with E-state index in [1.54, 1.807) is 39.7 Å². The largest absolute Gasteiger partial charge is 0.322 e. The Morgan fingerprint density at radius 3 is 2.76 bits per heavy atom. The zero-order chi connectivity index (χ0) is 20.2. The monoisotopic (exact) mass is 429 g/mol. The number of non-ortho nitro benzene ring substituents is 1. The molecule has 0 aliphatic carbocycles. The van der Waals surface area contributed by atoms with Crippen molar-refractivity contribution in [2.75, 3.05) is 31.5 Å². The Labute approximate surface area is 175 Å². The number of thiophene rings is 1. The number of aromatic nitrogens is 1. The third-order valence-electron chi connectivity index (χ3n) is 4.67. The van der Waals surface area contributed by atoms with Crippen LogP contribution in [0.3, 0.4) is 0 Å². The van der Waals surface area contributed by atoms with Gasteiger partial charge in [-0.2, -0.15) is 11.3 Å². The minimum Gasteiger partial charge on any atom is -0.322 e. The molecular formula is C19H19N5O3S2. The van der Waals surface area contributed by atoms with Gasteiger partial charge in [0, 0.05) is 66.9 Å². The number of nitrogens with zero attached hydrogens (tertiary/aromatic N) is 4. The quantitative estimate of drug-likeness (QED) is 0.486. The Bertz CT molecular complexity index is 997. The summed E-state index contributed by atoms with van der Waals surface area (Å²) in [6.45, 7) is 3.48. The van der Waals surface area contributed by atoms with Gasteiger partial charge in [0.1, 0.15) is 5.01 Å². The van der Waals surface area contributed by atoms with Gasteiger partial charge in [-0.25, -0.2) is 9.78 Å². The van der Waals surface area contributed by atoms with Crippen LogP contribution in [0.25, 0.3) is 10.6 Å². The van der Waals surface area contributed by atoms with E-state index < -0.39 is 4.92 Å². The van der Waals surface area contributed by atoms with Crippen LogP contribution in [0.1, 0.15) is 5.69 Å². The number of anilines is 1. The lowest BCUT2D eigenvalue weighted by Crippen LogP contribution is -2.49. The van der Waals surface area contributed by atoms with Crippen molar-refractivity contribution >= 4 is 40.1 Å². The van der Waals surface area contributed by atoms with E-state index in [2.05, 4.69) is 27.0 Å². The lowest BCUT2D eigenvalue weighted by molar-refractivity contribution is -0.384. The van der Waals surface area contributed by atoms with Crippen LogP contribution in [0.5, 0.6) is 0 Å². The average molecular weight is 430 g/mol. The fourth-order valence-corrected chi connectivity index (χ4v) is 4.66. The number of carbonyl (C=O) groups excluding carboxylic acids is 1. The molecule has 0 unspecified atom stereocenters. The lowest BCUT2D eigenvalue weighted by atomic mass is 10.2. The highest BCUT2D eigenvalue weighted by Gasteiger charge is 2.22. The molecule has 0 atom stereocenters. The molecule has 1 aliphatic heterocycles. The van der Waals surface area contributed by atoms with Crippen LogP contribution < -0.4 is 5.32 Å². The van der Waals surface area contributed by atoms with Crippen molar-refractivity contribution in [3.8, 4) is 10.6 Å². The predicted octanol–water partition coefficient (Wildman–Crippen LogP) is 4.13. The zero-order valence-corrected chi connectivity index (χ0v) is 17.1. The van der Waals surface area contributed by atoms with Crippen LogP contribution in [0.2, 0.25) is 0 Å². The van der Waals surface area contributed by atoms with Crippen molar-refractivity contribution in [1.82, 2.24) is 14.8 Å². The van der Waals surface area contributed by atoms with Crippen molar-refractivity contribution < 1.29 is 9.72 Å². The van der Waals surface area contributed by atoms with Crippen LogP contribution in [0.4, 0.5) is 16.2 Å². The topological polar surface area (TPSA) is 91.6 Å². The van der Waals surface area contributed by atoms with Gasteiger partial charge >= 0.3 is 6.03 Å². The number of rotatable bonds is 5. The number of amides is 2. The fraction of sp³-hybridized carbons (Fsp3) is 0.263. The molecule has 150 valence electrons. The van der Waals surface area contributed by atoms with Gasteiger partial charge in [0.25, 0.3) is 5.69 Å². The lowest BCUT2D eigenvalue weighted by Gasteiger charge is -2.34. The second-order valence-electron chi connectivity index (χ2n) is 6.66. The van der Waals surface area contributed by atoms with Crippen LogP contribution in [0.15, 0.2) is 46.5 Å². The van der Waals surface area contributed by atoms with Crippen molar-refractivity contribution in [1.29, 1.82) is 0 Å². The number of nitrogens with one attached hydrogen (secondary N) is 1. The normalized spacial score (nSPS) is 14.7. The molecule has 10 heteroatoms. The van der Waals surface area contributed by atoms with Gasteiger partial charge in [-0.15, -0.1) is 11.3 Å². The molecule has 4 rings (SSSR count). The molecule has 0 spiro atoms. The van der Waals surface area contributed by atoms with Crippen LogP contribution in [-0.4, -0.2) is 51.9 Å². The van der Waals surface area contributed by atoms with Crippen LogP contribution in [-0.2, 0) is 6.54 Å². The Morgan fingerprint density at radius 2 is 2.03 bits per heavy atom. The molecule has 1 saturated heterocycles. The maximum Gasteiger partial charge on any atom is 0.321 e. The van der Waals surface area contributed by atoms with Gasteiger partial charge in [-0.3, -0.25) is 15.0 Å². The van der Waals surface area contributed by atoms with E-state index in [9.17, 15) is 14.9 Å². The third-order valence-corrected chi connectivity index (χ3v) is 6.30. The first-order valence-electron chi connectivity index (χ1n) is 9.08. The Morgan fingerprint density at radius 1 is 1.21 bits per heavy atom. The van der Waals surface area contributed by atoms with E-state index in [1.165, 1.54) is 12.1 Å². The van der Waals surface area contributed by atoms with E-state index >= 15 is 0 Å². The van der Waals surface area contributed by atoms with Gasteiger partial charge < -0.3 is 10.2 Å². The molecular weight excluding hydrogens is 410 g/mol. The minimum absolute atomic E-state index is 0.0438. The van der Waals surface area contributed by atoms with Crippen LogP contribution >= 0.6 is 22.7 Å². The third kappa shape index (κ3) is 4.78. The number of hydrogen-bond donors (Lipinski definition) is 1. The van der Waals surface area contributed by atoms with Crippen molar-refractivity contribution in [3.63, 3.8) is 0 Å². The Kier molecular flexibility index (Phi) is 5.84. The van der Waals surface area contributed by atoms with E-state index in [1.807, 2.05) is 5.38 Å². The summed E-state index contributed by atoms with van der Waals surface area (Å²) in [6, 6.07) is 7.81. The predicted molar refractivity (Wildman–Crippen MR) is 114 cm³/mol. The molecule has 0 radical (unpaired) electrons. The first-order chi connectivity index (χ1) is 14.1. The molecule has 1 aliphatic rings. The summed E-state index contributed by atoms with van der Waals surface area (Å²) in [6.07, 6.45) is 0. The zero-order valence-electron chi connectivity index (χ0n) is 15.5. The molecule has 8 nitrogen and oxygen atoms in total. The van der Waals surface area contributed by atoms with Crippen LogP contribution in [0, 0.1) is 10.1 Å². The Hall–Kier alpha value is -2.82. The second-order valence-corrected chi connectivity index (χ2v) is 8.29. The smallest absolute Gasteiger partial charge is 0.321 e. The SMILES string of the molecule is O=C(Nc1cccc([N+](=O)[O-])c1)N1CCN(Cc2csc(-c3ccsc3)n2)CC1. The Balaban J connectivity index is 1.28. The first kappa shape index (κ1) is 19.5. The molecule has 2 aromatic heterocycles. The van der Waals surface area contributed by atoms with Gasteiger partial charge in [-0.1, -0.05) is 6.07 Å². The number of nitro groups is 1. The van der Waals surface area contributed by atoms with Crippen molar-refractivity contribution in [3.05, 3.63) is 62.3 Å². The van der Waals surface area contributed by atoms with Gasteiger partial charge in [0.15, 0.2) is 0 Å². The molecule has 0 bridgehead atoms. The number of hydrogen-bond acceptors (Lipinski definition) is 7. The molecule has 1 fully saturated rings. The van der Waals surface area contributed by atoms with Gasteiger partial charge in [0.05, 0.1) is 10.6 Å². The number of nitro benzene ring substituents is 1. The van der Waals surface area contributed by atoms with Crippen molar-refractivity contribution in [2.45, 2.75) is 6.54 Å². The van der Waals surface area contributed by atoms with Crippen molar-refractivity contribution in [2.24, 2.45) is 0 Å². The average Bonchev–Trinajstić information content (AvgIpc) is 3.40. The number of piperazine rings is 1. The molecule has 0 saturated carbocycles. The summed E-state index contributed by atoms with van der Waals surface area (Å²) in [5.41, 5.74) is 2.59. The molecule has 1 aromatic carbocycles. The highest BCUT2D eigenvalue weighted by Crippen LogP contribution is 2.26. The molecule has 29 heavy (non-hydrogen) atoms. The summed E-state index contributed by atoms with van der Waals surface area (Å²) in [7, 11) is 0. The van der Waals surface area contributed by atoms with E-state index in [0.717, 1.165) is 35.9 Å². The summed E-state index contributed by atoms with van der Waals surface area (Å²) >= 11 is 3.32. The maximum absolute atomic E-state index is 12.5. The summed E-state index contributed by atoms with van der Waals surface area (Å²) in [5, 5.41) is 20.9. The first-order valence-corrected chi connectivity index (χ1v) is 10.9. The number of carbonyl (C=O) groups is 1. The number of benzene rings is 1. The number of urea groups is 1. The summed E-state index contributed by atoms with van der Waals surface area (Å²) in [5.74, 6) is 0. The van der Waals surface area contributed by atoms with Gasteiger partial charge in [-0.05, 0) is 17.5 Å². The highest BCUT2D eigenvalue weighted by atomic mass is 32.1. The maximum atomic E-state index is 12.5. The number of thiazole rings is 1. The molecule has 1 N–H and O–H groups in total. The van der Waals surface area contributed by atoms with E-state index in [0.29, 0.717) is 18.8 Å². The summed E-state index contributed by atoms with van der Waals surface area (Å²) < 4.78 is 0. The van der Waals surface area contributed by atoms with Gasteiger partial charge in [0.2, 0.25) is 0 Å². The standard InChI is InChI=1S/C19H19N5O3S2/c25-19(21-15-2-1-3-17(10-15)24(26)27)23-7-5-22(6-8-23)11-16-13-29-18(20-16)14-4-9-28-12-14/h1-4,9-10,12-13H,5-8,11H2,(H,21,25). The minimum atomic E-state index is -0.476. The molecule has 2 amide bonds. The fourth-order valence-electron chi connectivity index (χ4n) is 3.14. The highest BCUT2D eigenvalue weighted by molar-refractivity contribution is 7.14. The second kappa shape index (κ2) is 8.68. The summed E-state index contributed by atoms with van der Waals surface area (Å²) in [4.78, 5) is 31.6.